The fourth-order valence-corrected chi connectivity index (χ4v) is 2.19. The van der Waals surface area contributed by atoms with E-state index in [2.05, 4.69) is 0 Å². The standard InChI is InChI=1S/C12H24BO10/c14-1-9(16)3-18-5-11-7-20-13(22-11)21-8-12(23-13)6-19-4-10(17)2-15/h9-12,14-17H,1-8H2/q-1. The second-order valence-electron chi connectivity index (χ2n) is 5.51. The predicted octanol–water partition coefficient (Wildman–Crippen LogP) is -3.01. The second-order valence-corrected chi connectivity index (χ2v) is 5.51. The lowest BCUT2D eigenvalue weighted by Gasteiger charge is -2.29. The van der Waals surface area contributed by atoms with E-state index < -0.39 is 31.4 Å². The van der Waals surface area contributed by atoms with Crippen LogP contribution in [0.25, 0.3) is 0 Å². The summed E-state index contributed by atoms with van der Waals surface area (Å²) >= 11 is 0. The zero-order valence-electron chi connectivity index (χ0n) is 12.8. The summed E-state index contributed by atoms with van der Waals surface area (Å²) < 4.78 is 32.5. The lowest BCUT2D eigenvalue weighted by Crippen LogP contribution is -2.41. The summed E-state index contributed by atoms with van der Waals surface area (Å²) in [6.07, 6.45) is -2.63. The molecule has 4 N–H and O–H groups in total. The predicted molar refractivity (Wildman–Crippen MR) is 75.2 cm³/mol. The summed E-state index contributed by atoms with van der Waals surface area (Å²) in [5, 5.41) is 35.7. The van der Waals surface area contributed by atoms with Crippen LogP contribution in [-0.2, 0) is 28.1 Å². The molecule has 2 aliphatic rings. The van der Waals surface area contributed by atoms with Gasteiger partial charge in [-0.25, -0.2) is 0 Å². The molecule has 0 radical (unpaired) electrons. The summed E-state index contributed by atoms with van der Waals surface area (Å²) in [6, 6.07) is 0. The van der Waals surface area contributed by atoms with Crippen LogP contribution in [0.1, 0.15) is 0 Å². The van der Waals surface area contributed by atoms with Gasteiger partial charge in [0.15, 0.2) is 0 Å². The van der Waals surface area contributed by atoms with Crippen LogP contribution in [0.15, 0.2) is 0 Å². The van der Waals surface area contributed by atoms with Gasteiger partial charge in [0, 0.05) is 13.2 Å². The number of hydrogen-bond donors (Lipinski definition) is 4. The molecular formula is C12H24BO10-. The van der Waals surface area contributed by atoms with Crippen molar-refractivity contribution in [2.45, 2.75) is 24.4 Å². The van der Waals surface area contributed by atoms with Crippen LogP contribution in [0.3, 0.4) is 0 Å². The number of aliphatic hydroxyl groups is 4. The van der Waals surface area contributed by atoms with Crippen molar-refractivity contribution in [1.82, 2.24) is 0 Å². The van der Waals surface area contributed by atoms with Crippen molar-refractivity contribution in [1.29, 1.82) is 0 Å². The normalized spacial score (nSPS) is 33.4. The molecule has 10 nitrogen and oxygen atoms in total. The van der Waals surface area contributed by atoms with E-state index in [1.807, 2.05) is 0 Å². The summed E-state index contributed by atoms with van der Waals surface area (Å²) in [5.41, 5.74) is 0. The van der Waals surface area contributed by atoms with Crippen molar-refractivity contribution in [3.63, 3.8) is 0 Å². The SMILES string of the molecule is OCC(O)COCC1CO[B-]2(OCC(COCC(O)CO)O2)O1. The Bertz CT molecular complexity index is 314. The van der Waals surface area contributed by atoms with Crippen LogP contribution in [0.4, 0.5) is 0 Å². The van der Waals surface area contributed by atoms with Crippen LogP contribution in [0.5, 0.6) is 0 Å². The molecule has 136 valence electrons. The summed E-state index contributed by atoms with van der Waals surface area (Å²) in [7, 11) is 0. The van der Waals surface area contributed by atoms with E-state index in [0.717, 1.165) is 0 Å². The summed E-state index contributed by atoms with van der Waals surface area (Å²) in [5.74, 6) is 0. The zero-order valence-corrected chi connectivity index (χ0v) is 12.8. The molecule has 2 aliphatic heterocycles. The van der Waals surface area contributed by atoms with Crippen LogP contribution in [-0.4, -0.2) is 105 Å². The molecule has 2 saturated heterocycles. The van der Waals surface area contributed by atoms with Crippen molar-refractivity contribution in [3.8, 4) is 0 Å². The zero-order chi connectivity index (χ0) is 16.7. The molecular weight excluding hydrogens is 315 g/mol. The maximum absolute atomic E-state index is 9.17. The van der Waals surface area contributed by atoms with Gasteiger partial charge in [-0.1, -0.05) is 0 Å². The van der Waals surface area contributed by atoms with Gasteiger partial charge in [0.2, 0.25) is 0 Å². The Morgan fingerprint density at radius 1 is 0.870 bits per heavy atom. The van der Waals surface area contributed by atoms with Crippen molar-refractivity contribution in [2.24, 2.45) is 0 Å². The largest absolute Gasteiger partial charge is 0.532 e. The van der Waals surface area contributed by atoms with E-state index in [-0.39, 0.29) is 52.9 Å². The number of hydrogen-bond acceptors (Lipinski definition) is 10. The van der Waals surface area contributed by atoms with Gasteiger partial charge in [-0.05, 0) is 0 Å². The molecule has 0 aromatic heterocycles. The molecule has 2 heterocycles. The molecule has 4 unspecified atom stereocenters. The highest BCUT2D eigenvalue weighted by molar-refractivity contribution is 6.54. The van der Waals surface area contributed by atoms with E-state index in [4.69, 9.17) is 38.3 Å². The van der Waals surface area contributed by atoms with Gasteiger partial charge >= 0.3 is 6.96 Å². The van der Waals surface area contributed by atoms with E-state index in [1.165, 1.54) is 0 Å². The monoisotopic (exact) mass is 339 g/mol. The van der Waals surface area contributed by atoms with Gasteiger partial charge in [0.1, 0.15) is 12.2 Å². The average Bonchev–Trinajstić information content (AvgIpc) is 3.14. The lowest BCUT2D eigenvalue weighted by atomic mass is 10.1. The van der Waals surface area contributed by atoms with Crippen molar-refractivity contribution in [3.05, 3.63) is 0 Å². The number of rotatable bonds is 10. The first-order chi connectivity index (χ1) is 11.1. The Labute approximate surface area is 133 Å². The molecule has 0 saturated carbocycles. The Morgan fingerprint density at radius 2 is 1.30 bits per heavy atom. The van der Waals surface area contributed by atoms with E-state index in [0.29, 0.717) is 0 Å². The second kappa shape index (κ2) is 9.23. The molecule has 1 spiro atoms. The van der Waals surface area contributed by atoms with Gasteiger partial charge in [0.25, 0.3) is 0 Å². The van der Waals surface area contributed by atoms with E-state index in [1.54, 1.807) is 0 Å². The van der Waals surface area contributed by atoms with Crippen molar-refractivity contribution < 1.29 is 48.5 Å². The van der Waals surface area contributed by atoms with E-state index >= 15 is 0 Å². The Hall–Kier alpha value is -0.335. The molecule has 0 aromatic rings. The van der Waals surface area contributed by atoms with Gasteiger partial charge in [-0.2, -0.15) is 0 Å². The number of ether oxygens (including phenoxy) is 2. The fraction of sp³-hybridized carbons (Fsp3) is 1.00. The highest BCUT2D eigenvalue weighted by atomic mass is 16.9. The van der Waals surface area contributed by atoms with Crippen molar-refractivity contribution >= 4 is 6.96 Å². The first-order valence-electron chi connectivity index (χ1n) is 7.56. The van der Waals surface area contributed by atoms with Crippen LogP contribution >= 0.6 is 0 Å². The molecule has 23 heavy (non-hydrogen) atoms. The third-order valence-corrected chi connectivity index (χ3v) is 3.34. The third kappa shape index (κ3) is 5.91. The molecule has 2 fully saturated rings. The fourth-order valence-electron chi connectivity index (χ4n) is 2.19. The molecule has 0 amide bonds. The molecule has 2 rings (SSSR count). The van der Waals surface area contributed by atoms with E-state index in [9.17, 15) is 10.2 Å². The van der Waals surface area contributed by atoms with Crippen LogP contribution in [0, 0.1) is 0 Å². The maximum Gasteiger partial charge on any atom is 0.532 e. The van der Waals surface area contributed by atoms with Crippen LogP contribution < -0.4 is 0 Å². The highest BCUT2D eigenvalue weighted by Gasteiger charge is 2.46. The summed E-state index contributed by atoms with van der Waals surface area (Å²) in [6.45, 7) is -2.20. The van der Waals surface area contributed by atoms with Crippen molar-refractivity contribution in [2.75, 3.05) is 52.9 Å². The van der Waals surface area contributed by atoms with Gasteiger partial charge < -0.3 is 48.5 Å². The quantitative estimate of drug-likeness (QED) is 0.305. The molecule has 11 heteroatoms. The molecule has 0 bridgehead atoms. The minimum atomic E-state index is -2.28. The minimum Gasteiger partial charge on any atom is -0.517 e. The van der Waals surface area contributed by atoms with Gasteiger partial charge in [0.05, 0.1) is 51.8 Å². The minimum absolute atomic E-state index is 0.00171. The molecule has 0 aliphatic carbocycles. The van der Waals surface area contributed by atoms with Crippen LogP contribution in [0.2, 0.25) is 0 Å². The maximum atomic E-state index is 9.17. The first kappa shape index (κ1) is 19.0. The third-order valence-electron chi connectivity index (χ3n) is 3.34. The molecule has 0 aromatic carbocycles. The topological polar surface area (TPSA) is 136 Å². The average molecular weight is 339 g/mol. The number of aliphatic hydroxyl groups excluding tert-OH is 4. The van der Waals surface area contributed by atoms with Gasteiger partial charge in [-0.15, -0.1) is 0 Å². The Morgan fingerprint density at radius 3 is 1.70 bits per heavy atom. The Balaban J connectivity index is 1.63. The summed E-state index contributed by atoms with van der Waals surface area (Å²) in [4.78, 5) is 0. The first-order valence-corrected chi connectivity index (χ1v) is 7.56. The molecule has 4 atom stereocenters. The lowest BCUT2D eigenvalue weighted by molar-refractivity contribution is -0.0283. The van der Waals surface area contributed by atoms with Gasteiger partial charge in [-0.3, -0.25) is 0 Å². The Kier molecular flexibility index (Phi) is 7.62. The smallest absolute Gasteiger partial charge is 0.517 e. The highest BCUT2D eigenvalue weighted by Crippen LogP contribution is 2.28.